The van der Waals surface area contributed by atoms with E-state index in [0.717, 1.165) is 18.6 Å². The van der Waals surface area contributed by atoms with Crippen molar-refractivity contribution in [3.8, 4) is 0 Å². The molecule has 1 aromatic rings. The monoisotopic (exact) mass is 226 g/mol. The van der Waals surface area contributed by atoms with E-state index in [4.69, 9.17) is 4.74 Å². The Morgan fingerprint density at radius 1 is 1.38 bits per heavy atom. The Morgan fingerprint density at radius 2 is 2.19 bits per heavy atom. The minimum Gasteiger partial charge on any atom is -0.381 e. The lowest BCUT2D eigenvalue weighted by molar-refractivity contribution is 0.0459. The second-order valence-corrected chi connectivity index (χ2v) is 3.90. The molecule has 1 saturated heterocycles. The van der Waals surface area contributed by atoms with E-state index < -0.39 is 11.6 Å². The number of hydrogen-bond donors (Lipinski definition) is 0. The van der Waals surface area contributed by atoms with Crippen LogP contribution in [0.4, 0.5) is 8.78 Å². The zero-order valence-corrected chi connectivity index (χ0v) is 8.71. The number of benzene rings is 1. The molecular formula is C12H12F2O2. The van der Waals surface area contributed by atoms with Crippen molar-refractivity contribution < 1.29 is 18.3 Å². The van der Waals surface area contributed by atoms with Crippen molar-refractivity contribution >= 4 is 5.78 Å². The van der Waals surface area contributed by atoms with Gasteiger partial charge in [-0.25, -0.2) is 8.78 Å². The largest absolute Gasteiger partial charge is 0.381 e. The van der Waals surface area contributed by atoms with Gasteiger partial charge >= 0.3 is 0 Å². The molecule has 1 fully saturated rings. The molecule has 2 rings (SSSR count). The summed E-state index contributed by atoms with van der Waals surface area (Å²) in [7, 11) is 0. The Kier molecular flexibility index (Phi) is 3.29. The minimum absolute atomic E-state index is 0.0445. The molecule has 16 heavy (non-hydrogen) atoms. The van der Waals surface area contributed by atoms with Gasteiger partial charge in [0.15, 0.2) is 5.78 Å². The van der Waals surface area contributed by atoms with Crippen LogP contribution in [0.5, 0.6) is 0 Å². The molecule has 1 atom stereocenters. The number of ketones is 1. The predicted molar refractivity (Wildman–Crippen MR) is 54.2 cm³/mol. The molecule has 1 aliphatic rings. The van der Waals surface area contributed by atoms with Gasteiger partial charge in [0.25, 0.3) is 0 Å². The molecule has 1 aromatic carbocycles. The third kappa shape index (κ3) is 2.27. The van der Waals surface area contributed by atoms with E-state index in [0.29, 0.717) is 19.6 Å². The Hall–Kier alpha value is -1.29. The van der Waals surface area contributed by atoms with E-state index in [1.807, 2.05) is 0 Å². The molecular weight excluding hydrogens is 214 g/mol. The van der Waals surface area contributed by atoms with Crippen LogP contribution < -0.4 is 0 Å². The number of ether oxygens (including phenoxy) is 1. The molecule has 0 saturated carbocycles. The molecule has 1 aliphatic heterocycles. The van der Waals surface area contributed by atoms with E-state index >= 15 is 0 Å². The highest BCUT2D eigenvalue weighted by atomic mass is 19.1. The Labute approximate surface area is 92.2 Å². The summed E-state index contributed by atoms with van der Waals surface area (Å²) in [6.45, 7) is 0.978. The van der Waals surface area contributed by atoms with Gasteiger partial charge in [-0.2, -0.15) is 0 Å². The fourth-order valence-electron chi connectivity index (χ4n) is 1.86. The van der Waals surface area contributed by atoms with Crippen LogP contribution in [0, 0.1) is 17.6 Å². The fraction of sp³-hybridized carbons (Fsp3) is 0.417. The molecule has 4 heteroatoms. The topological polar surface area (TPSA) is 26.3 Å². The summed E-state index contributed by atoms with van der Waals surface area (Å²) in [4.78, 5) is 11.9. The van der Waals surface area contributed by atoms with Crippen molar-refractivity contribution in [3.05, 3.63) is 35.4 Å². The van der Waals surface area contributed by atoms with Crippen LogP contribution in [0.2, 0.25) is 0 Å². The Morgan fingerprint density at radius 3 is 2.81 bits per heavy atom. The molecule has 0 amide bonds. The van der Waals surface area contributed by atoms with Crippen molar-refractivity contribution in [3.63, 3.8) is 0 Å². The van der Waals surface area contributed by atoms with Crippen molar-refractivity contribution in [2.45, 2.75) is 12.8 Å². The molecule has 1 unspecified atom stereocenters. The van der Waals surface area contributed by atoms with Crippen LogP contribution >= 0.6 is 0 Å². The van der Waals surface area contributed by atoms with Crippen LogP contribution in [0.25, 0.3) is 0 Å². The summed E-state index contributed by atoms with van der Waals surface area (Å²) in [6, 6.07) is 3.03. The molecule has 0 aliphatic carbocycles. The second-order valence-electron chi connectivity index (χ2n) is 3.90. The van der Waals surface area contributed by atoms with Crippen molar-refractivity contribution in [2.75, 3.05) is 13.2 Å². The molecule has 0 aromatic heterocycles. The van der Waals surface area contributed by atoms with Gasteiger partial charge in [-0.1, -0.05) is 0 Å². The number of Topliss-reactive ketones (excluding diaryl/α,β-unsaturated/α-hetero) is 1. The Balaban J connectivity index is 2.19. The van der Waals surface area contributed by atoms with E-state index in [-0.39, 0.29) is 17.3 Å². The number of hydrogen-bond acceptors (Lipinski definition) is 2. The third-order valence-corrected chi connectivity index (χ3v) is 2.73. The van der Waals surface area contributed by atoms with Crippen molar-refractivity contribution in [1.29, 1.82) is 0 Å². The highest BCUT2D eigenvalue weighted by molar-refractivity contribution is 5.98. The number of rotatable bonds is 2. The van der Waals surface area contributed by atoms with Crippen molar-refractivity contribution in [2.24, 2.45) is 5.92 Å². The van der Waals surface area contributed by atoms with Crippen LogP contribution in [-0.4, -0.2) is 19.0 Å². The highest BCUT2D eigenvalue weighted by Crippen LogP contribution is 2.21. The lowest BCUT2D eigenvalue weighted by Crippen LogP contribution is -2.26. The molecule has 86 valence electrons. The summed E-state index contributed by atoms with van der Waals surface area (Å²) >= 11 is 0. The zero-order chi connectivity index (χ0) is 11.5. The molecule has 0 radical (unpaired) electrons. The third-order valence-electron chi connectivity index (χ3n) is 2.73. The van der Waals surface area contributed by atoms with Gasteiger partial charge in [-0.05, 0) is 25.0 Å². The molecule has 1 heterocycles. The number of halogens is 2. The maximum Gasteiger partial charge on any atom is 0.171 e. The second kappa shape index (κ2) is 4.70. The minimum atomic E-state index is -0.796. The standard InChI is InChI=1S/C12H12F2O2/c13-9-3-4-10(11(14)6-9)12(15)8-2-1-5-16-7-8/h3-4,6,8H,1-2,5,7H2. The van der Waals surface area contributed by atoms with E-state index in [1.54, 1.807) is 0 Å². The van der Waals surface area contributed by atoms with E-state index in [1.165, 1.54) is 6.07 Å². The smallest absolute Gasteiger partial charge is 0.171 e. The van der Waals surface area contributed by atoms with Crippen LogP contribution in [0.15, 0.2) is 18.2 Å². The Bertz CT molecular complexity index is 398. The predicted octanol–water partition coefficient (Wildman–Crippen LogP) is 2.57. The number of carbonyl (C=O) groups excluding carboxylic acids is 1. The van der Waals surface area contributed by atoms with Gasteiger partial charge in [0.1, 0.15) is 11.6 Å². The lowest BCUT2D eigenvalue weighted by Gasteiger charge is -2.20. The molecule has 0 N–H and O–H groups in total. The molecule has 2 nitrogen and oxygen atoms in total. The first-order valence-electron chi connectivity index (χ1n) is 5.25. The average molecular weight is 226 g/mol. The first kappa shape index (κ1) is 11.2. The summed E-state index contributed by atoms with van der Waals surface area (Å²) in [6.07, 6.45) is 1.51. The quantitative estimate of drug-likeness (QED) is 0.724. The van der Waals surface area contributed by atoms with Gasteiger partial charge < -0.3 is 4.74 Å². The fourth-order valence-corrected chi connectivity index (χ4v) is 1.86. The van der Waals surface area contributed by atoms with Gasteiger partial charge in [-0.3, -0.25) is 4.79 Å². The SMILES string of the molecule is O=C(c1ccc(F)cc1F)C1CCCOC1. The van der Waals surface area contributed by atoms with Crippen molar-refractivity contribution in [1.82, 2.24) is 0 Å². The van der Waals surface area contributed by atoms with E-state index in [9.17, 15) is 13.6 Å². The normalized spacial score (nSPS) is 20.8. The summed E-state index contributed by atoms with van der Waals surface area (Å²) < 4.78 is 31.2. The summed E-state index contributed by atoms with van der Waals surface area (Å²) in [5.41, 5.74) is -0.0445. The lowest BCUT2D eigenvalue weighted by atomic mass is 9.92. The van der Waals surface area contributed by atoms with Gasteiger partial charge in [-0.15, -0.1) is 0 Å². The first-order chi connectivity index (χ1) is 7.68. The highest BCUT2D eigenvalue weighted by Gasteiger charge is 2.25. The molecule has 0 spiro atoms. The maximum atomic E-state index is 13.4. The first-order valence-corrected chi connectivity index (χ1v) is 5.25. The average Bonchev–Trinajstić information content (AvgIpc) is 2.29. The zero-order valence-electron chi connectivity index (χ0n) is 8.71. The van der Waals surface area contributed by atoms with Gasteiger partial charge in [0.05, 0.1) is 12.2 Å². The summed E-state index contributed by atoms with van der Waals surface area (Å²) in [5, 5.41) is 0. The maximum absolute atomic E-state index is 13.4. The van der Waals surface area contributed by atoms with Crippen LogP contribution in [0.1, 0.15) is 23.2 Å². The number of carbonyl (C=O) groups is 1. The van der Waals surface area contributed by atoms with Gasteiger partial charge in [0, 0.05) is 18.6 Å². The van der Waals surface area contributed by atoms with E-state index in [2.05, 4.69) is 0 Å². The molecule has 0 bridgehead atoms. The van der Waals surface area contributed by atoms with Crippen LogP contribution in [0.3, 0.4) is 0 Å². The van der Waals surface area contributed by atoms with Gasteiger partial charge in [0.2, 0.25) is 0 Å². The summed E-state index contributed by atoms with van der Waals surface area (Å²) in [5.74, 6) is -2.06. The van der Waals surface area contributed by atoms with Crippen LogP contribution in [-0.2, 0) is 4.74 Å².